The lowest BCUT2D eigenvalue weighted by Gasteiger charge is -2.13. The van der Waals surface area contributed by atoms with E-state index in [-0.39, 0.29) is 6.79 Å². The maximum atomic E-state index is 6.15. The largest absolute Gasteiger partial charge is 0.454 e. The molecule has 5 rings (SSSR count). The van der Waals surface area contributed by atoms with E-state index < -0.39 is 0 Å². The zero-order valence-corrected chi connectivity index (χ0v) is 16.7. The Labute approximate surface area is 172 Å². The quantitative estimate of drug-likeness (QED) is 0.539. The van der Waals surface area contributed by atoms with E-state index in [0.717, 1.165) is 34.0 Å². The van der Waals surface area contributed by atoms with Crippen molar-refractivity contribution in [3.05, 3.63) is 64.4 Å². The van der Waals surface area contributed by atoms with Crippen molar-refractivity contribution in [2.75, 3.05) is 12.1 Å². The third-order valence-corrected chi connectivity index (χ3v) is 4.95. The number of anilines is 1. The molecule has 0 saturated heterocycles. The SMILES string of the molecule is Cc1cc(C)n(-c2nc3cc(Cl)ccc3nc2NCc2ccc3c(c2)OCO3)n1. The van der Waals surface area contributed by atoms with E-state index in [1.807, 2.05) is 50.2 Å². The summed E-state index contributed by atoms with van der Waals surface area (Å²) >= 11 is 6.15. The summed E-state index contributed by atoms with van der Waals surface area (Å²) in [5.74, 6) is 2.79. The van der Waals surface area contributed by atoms with Crippen molar-refractivity contribution in [3.63, 3.8) is 0 Å². The molecule has 0 fully saturated rings. The van der Waals surface area contributed by atoms with Crippen molar-refractivity contribution in [2.24, 2.45) is 0 Å². The van der Waals surface area contributed by atoms with Gasteiger partial charge in [0.15, 0.2) is 23.1 Å². The molecule has 0 saturated carbocycles. The summed E-state index contributed by atoms with van der Waals surface area (Å²) in [5.41, 5.74) is 4.41. The second-order valence-corrected chi connectivity index (χ2v) is 7.35. The summed E-state index contributed by atoms with van der Waals surface area (Å²) in [4.78, 5) is 9.58. The predicted octanol–water partition coefficient (Wildman–Crippen LogP) is 4.43. The second-order valence-electron chi connectivity index (χ2n) is 6.91. The monoisotopic (exact) mass is 407 g/mol. The van der Waals surface area contributed by atoms with Gasteiger partial charge in [-0.2, -0.15) is 5.10 Å². The number of aryl methyl sites for hydroxylation is 2. The molecular formula is C21H18ClN5O2. The van der Waals surface area contributed by atoms with E-state index in [9.17, 15) is 0 Å². The number of hydrogen-bond donors (Lipinski definition) is 1. The Kier molecular flexibility index (Phi) is 4.24. The van der Waals surface area contributed by atoms with Crippen LogP contribution in [0.5, 0.6) is 11.5 Å². The van der Waals surface area contributed by atoms with Crippen LogP contribution in [0.1, 0.15) is 17.0 Å². The standard InChI is InChI=1S/C21H18ClN5O2/c1-12-7-13(2)27(26-12)21-20(24-16-5-4-15(22)9-17(16)25-21)23-10-14-3-6-18-19(8-14)29-11-28-18/h3-9H,10-11H2,1-2H3,(H,23,24). The van der Waals surface area contributed by atoms with Gasteiger partial charge in [-0.1, -0.05) is 17.7 Å². The number of nitrogens with one attached hydrogen (secondary N) is 1. The molecule has 0 aliphatic carbocycles. The van der Waals surface area contributed by atoms with E-state index in [4.69, 9.17) is 31.0 Å². The Balaban J connectivity index is 1.55. The Morgan fingerprint density at radius 2 is 1.86 bits per heavy atom. The molecule has 29 heavy (non-hydrogen) atoms. The average molecular weight is 408 g/mol. The molecule has 2 aromatic carbocycles. The Morgan fingerprint density at radius 1 is 1.00 bits per heavy atom. The molecule has 7 nitrogen and oxygen atoms in total. The van der Waals surface area contributed by atoms with E-state index in [1.54, 1.807) is 10.7 Å². The number of hydrogen-bond acceptors (Lipinski definition) is 6. The van der Waals surface area contributed by atoms with Crippen molar-refractivity contribution < 1.29 is 9.47 Å². The Hall–Kier alpha value is -3.32. The van der Waals surface area contributed by atoms with Crippen LogP contribution in [-0.2, 0) is 6.54 Å². The number of benzene rings is 2. The van der Waals surface area contributed by atoms with Gasteiger partial charge in [-0.3, -0.25) is 0 Å². The topological polar surface area (TPSA) is 74.1 Å². The van der Waals surface area contributed by atoms with Gasteiger partial charge in [0.05, 0.1) is 16.7 Å². The Bertz CT molecular complexity index is 1240. The van der Waals surface area contributed by atoms with Crippen LogP contribution in [0, 0.1) is 13.8 Å². The van der Waals surface area contributed by atoms with Crippen molar-refractivity contribution in [1.29, 1.82) is 0 Å². The number of nitrogens with zero attached hydrogens (tertiary/aromatic N) is 4. The fourth-order valence-electron chi connectivity index (χ4n) is 3.36. The summed E-state index contributed by atoms with van der Waals surface area (Å²) in [6.07, 6.45) is 0. The van der Waals surface area contributed by atoms with Gasteiger partial charge in [0.25, 0.3) is 0 Å². The van der Waals surface area contributed by atoms with Gasteiger partial charge >= 0.3 is 0 Å². The highest BCUT2D eigenvalue weighted by molar-refractivity contribution is 6.31. The first kappa shape index (κ1) is 17.8. The molecule has 0 atom stereocenters. The molecule has 1 aliphatic rings. The molecule has 3 heterocycles. The van der Waals surface area contributed by atoms with Gasteiger partial charge in [-0.05, 0) is 55.8 Å². The molecule has 0 amide bonds. The van der Waals surface area contributed by atoms with Crippen LogP contribution in [-0.4, -0.2) is 26.5 Å². The smallest absolute Gasteiger partial charge is 0.231 e. The van der Waals surface area contributed by atoms with Crippen molar-refractivity contribution >= 4 is 28.5 Å². The minimum Gasteiger partial charge on any atom is -0.454 e. The number of aromatic nitrogens is 4. The van der Waals surface area contributed by atoms with Crippen molar-refractivity contribution in [3.8, 4) is 17.3 Å². The van der Waals surface area contributed by atoms with Gasteiger partial charge in [0.2, 0.25) is 6.79 Å². The fourth-order valence-corrected chi connectivity index (χ4v) is 3.53. The molecule has 1 N–H and O–H groups in total. The van der Waals surface area contributed by atoms with Gasteiger partial charge in [0.1, 0.15) is 0 Å². The molecule has 146 valence electrons. The first-order chi connectivity index (χ1) is 14.1. The third-order valence-electron chi connectivity index (χ3n) is 4.72. The first-order valence-electron chi connectivity index (χ1n) is 9.20. The number of rotatable bonds is 4. The van der Waals surface area contributed by atoms with Crippen molar-refractivity contribution in [1.82, 2.24) is 19.7 Å². The van der Waals surface area contributed by atoms with E-state index in [1.165, 1.54) is 0 Å². The zero-order valence-electron chi connectivity index (χ0n) is 15.9. The lowest BCUT2D eigenvalue weighted by molar-refractivity contribution is 0.174. The maximum absolute atomic E-state index is 6.15. The number of fused-ring (bicyclic) bond motifs is 2. The van der Waals surface area contributed by atoms with Crippen molar-refractivity contribution in [2.45, 2.75) is 20.4 Å². The maximum Gasteiger partial charge on any atom is 0.231 e. The minimum absolute atomic E-state index is 0.257. The van der Waals surface area contributed by atoms with Crippen LogP contribution >= 0.6 is 11.6 Å². The Morgan fingerprint density at radius 3 is 2.69 bits per heavy atom. The lowest BCUT2D eigenvalue weighted by atomic mass is 10.2. The molecule has 8 heteroatoms. The van der Waals surface area contributed by atoms with E-state index >= 15 is 0 Å². The van der Waals surface area contributed by atoms with Gasteiger partial charge in [0, 0.05) is 17.3 Å². The van der Waals surface area contributed by atoms with E-state index in [2.05, 4.69) is 10.4 Å². The molecular weight excluding hydrogens is 390 g/mol. The van der Waals surface area contributed by atoms with Crippen LogP contribution < -0.4 is 14.8 Å². The molecule has 2 aromatic heterocycles. The van der Waals surface area contributed by atoms with Gasteiger partial charge in [-0.25, -0.2) is 14.6 Å². The summed E-state index contributed by atoms with van der Waals surface area (Å²) in [7, 11) is 0. The van der Waals surface area contributed by atoms with Crippen LogP contribution in [0.3, 0.4) is 0 Å². The highest BCUT2D eigenvalue weighted by Crippen LogP contribution is 2.33. The van der Waals surface area contributed by atoms with Crippen LogP contribution in [0.2, 0.25) is 5.02 Å². The number of halogens is 1. The van der Waals surface area contributed by atoms with Crippen LogP contribution in [0.4, 0.5) is 5.82 Å². The molecule has 1 aliphatic heterocycles. The predicted molar refractivity (Wildman–Crippen MR) is 111 cm³/mol. The highest BCUT2D eigenvalue weighted by Gasteiger charge is 2.16. The van der Waals surface area contributed by atoms with Crippen LogP contribution in [0.15, 0.2) is 42.5 Å². The summed E-state index contributed by atoms with van der Waals surface area (Å²) in [6, 6.07) is 13.4. The minimum atomic E-state index is 0.257. The molecule has 4 aromatic rings. The third kappa shape index (κ3) is 3.34. The lowest BCUT2D eigenvalue weighted by Crippen LogP contribution is -2.11. The van der Waals surface area contributed by atoms with Gasteiger partial charge < -0.3 is 14.8 Å². The summed E-state index contributed by atoms with van der Waals surface area (Å²) in [6.45, 7) is 4.75. The number of ether oxygens (including phenoxy) is 2. The second kappa shape index (κ2) is 6.93. The first-order valence-corrected chi connectivity index (χ1v) is 9.58. The molecule has 0 unspecified atom stereocenters. The normalized spacial score (nSPS) is 12.5. The molecule has 0 spiro atoms. The zero-order chi connectivity index (χ0) is 20.0. The summed E-state index contributed by atoms with van der Waals surface area (Å²) in [5, 5.41) is 8.59. The highest BCUT2D eigenvalue weighted by atomic mass is 35.5. The summed E-state index contributed by atoms with van der Waals surface area (Å²) < 4.78 is 12.6. The fraction of sp³-hybridized carbons (Fsp3) is 0.190. The molecule has 0 radical (unpaired) electrons. The van der Waals surface area contributed by atoms with Gasteiger partial charge in [-0.15, -0.1) is 0 Å². The average Bonchev–Trinajstić information content (AvgIpc) is 3.30. The van der Waals surface area contributed by atoms with E-state index in [0.29, 0.717) is 28.7 Å². The van der Waals surface area contributed by atoms with Crippen LogP contribution in [0.25, 0.3) is 16.9 Å². The molecule has 0 bridgehead atoms.